The van der Waals surface area contributed by atoms with Crippen LogP contribution in [0.3, 0.4) is 0 Å². The summed E-state index contributed by atoms with van der Waals surface area (Å²) in [5.74, 6) is -0.184. The fourth-order valence-corrected chi connectivity index (χ4v) is 2.76. The maximum atomic E-state index is 12.1. The highest BCUT2D eigenvalue weighted by Gasteiger charge is 2.13. The van der Waals surface area contributed by atoms with Gasteiger partial charge >= 0.3 is 0 Å². The summed E-state index contributed by atoms with van der Waals surface area (Å²) >= 11 is 5.84. The number of pyridine rings is 1. The molecule has 2 rings (SSSR count). The maximum absolute atomic E-state index is 12.1. The van der Waals surface area contributed by atoms with Crippen LogP contribution in [-0.4, -0.2) is 24.2 Å². The second-order valence-corrected chi connectivity index (χ2v) is 8.57. The average Bonchev–Trinajstić information content (AvgIpc) is 2.41. The predicted molar refractivity (Wildman–Crippen MR) is 87.1 cm³/mol. The van der Waals surface area contributed by atoms with Crippen molar-refractivity contribution in [1.82, 2.24) is 4.98 Å². The van der Waals surface area contributed by atoms with Gasteiger partial charge in [0.1, 0.15) is 13.0 Å². The highest BCUT2D eigenvalue weighted by Crippen LogP contribution is 2.35. The smallest absolute Gasteiger partial charge is 0.257 e. The third-order valence-corrected chi connectivity index (χ3v) is 4.68. The molecular weight excluding hydrogens is 309 g/mol. The molecule has 7 heteroatoms. The van der Waals surface area contributed by atoms with Gasteiger partial charge in [0, 0.05) is 17.2 Å². The molecule has 3 N–H and O–H groups in total. The predicted octanol–water partition coefficient (Wildman–Crippen LogP) is 2.82. The zero-order chi connectivity index (χ0) is 15.6. The molecule has 0 radical (unpaired) electrons. The molecule has 0 bridgehead atoms. The molecule has 1 aromatic heterocycles. The van der Waals surface area contributed by atoms with Gasteiger partial charge < -0.3 is 15.6 Å². The van der Waals surface area contributed by atoms with E-state index in [4.69, 9.17) is 17.3 Å². The van der Waals surface area contributed by atoms with E-state index in [1.54, 1.807) is 37.6 Å². The first-order valence-corrected chi connectivity index (χ1v) is 9.13. The van der Waals surface area contributed by atoms with E-state index in [1.807, 2.05) is 0 Å². The van der Waals surface area contributed by atoms with Gasteiger partial charge in [-0.25, -0.2) is 4.98 Å². The van der Waals surface area contributed by atoms with Crippen LogP contribution < -0.4 is 16.4 Å². The van der Waals surface area contributed by atoms with E-state index in [2.05, 4.69) is 10.3 Å². The lowest BCUT2D eigenvalue weighted by molar-refractivity contribution is 0.102. The minimum atomic E-state index is -2.38. The normalized spacial score (nSPS) is 11.2. The van der Waals surface area contributed by atoms with Crippen LogP contribution in [-0.2, 0) is 4.57 Å². The molecular formula is C14H15ClN3O2P. The number of halogens is 1. The number of nitrogens with one attached hydrogen (secondary N) is 1. The summed E-state index contributed by atoms with van der Waals surface area (Å²) in [7, 11) is -2.38. The van der Waals surface area contributed by atoms with E-state index in [-0.39, 0.29) is 16.7 Å². The van der Waals surface area contributed by atoms with E-state index in [0.717, 1.165) is 0 Å². The number of aromatic nitrogens is 1. The third kappa shape index (κ3) is 3.84. The van der Waals surface area contributed by atoms with E-state index >= 15 is 0 Å². The highest BCUT2D eigenvalue weighted by atomic mass is 35.5. The molecule has 1 aromatic carbocycles. The van der Waals surface area contributed by atoms with Crippen molar-refractivity contribution in [3.8, 4) is 0 Å². The van der Waals surface area contributed by atoms with Crippen LogP contribution in [0.15, 0.2) is 36.5 Å². The first-order chi connectivity index (χ1) is 9.77. The molecule has 1 amide bonds. The molecule has 0 spiro atoms. The molecule has 1 heterocycles. The van der Waals surface area contributed by atoms with Gasteiger partial charge in [-0.15, -0.1) is 0 Å². The molecule has 110 valence electrons. The molecule has 0 fully saturated rings. The molecule has 21 heavy (non-hydrogen) atoms. The Morgan fingerprint density at radius 1 is 1.33 bits per heavy atom. The molecule has 0 aliphatic carbocycles. The maximum Gasteiger partial charge on any atom is 0.257 e. The summed E-state index contributed by atoms with van der Waals surface area (Å²) in [6, 6.07) is 8.40. The number of nitrogens with zero attached hydrogens (tertiary/aromatic N) is 1. The van der Waals surface area contributed by atoms with Gasteiger partial charge in [0.25, 0.3) is 5.91 Å². The number of nitrogens with two attached hydrogens (primary N) is 1. The minimum Gasteiger partial charge on any atom is -0.382 e. The number of benzene rings is 1. The first kappa shape index (κ1) is 15.5. The fraction of sp³-hybridized carbons (Fsp3) is 0.143. The molecule has 0 unspecified atom stereocenters. The molecule has 0 atom stereocenters. The molecule has 0 saturated carbocycles. The minimum absolute atomic E-state index is 0.174. The lowest BCUT2D eigenvalue weighted by atomic mass is 10.2. The van der Waals surface area contributed by atoms with E-state index < -0.39 is 7.14 Å². The SMILES string of the molecule is CP(C)(=O)c1cccc(NC(=O)c2cnc(N)c(Cl)c2)c1. The number of amides is 1. The largest absolute Gasteiger partial charge is 0.382 e. The third-order valence-electron chi connectivity index (χ3n) is 2.86. The summed E-state index contributed by atoms with van der Waals surface area (Å²) in [5, 5.41) is 3.65. The zero-order valence-corrected chi connectivity index (χ0v) is 13.3. The molecule has 0 saturated heterocycles. The van der Waals surface area contributed by atoms with E-state index in [9.17, 15) is 9.36 Å². The summed E-state index contributed by atoms with van der Waals surface area (Å²) in [5.41, 5.74) is 6.37. The Hall–Kier alpha value is -1.84. The zero-order valence-electron chi connectivity index (χ0n) is 11.6. The Labute approximate surface area is 127 Å². The quantitative estimate of drug-likeness (QED) is 0.851. The van der Waals surface area contributed by atoms with Crippen LogP contribution in [0.5, 0.6) is 0 Å². The summed E-state index contributed by atoms with van der Waals surface area (Å²) in [6.45, 7) is 3.36. The van der Waals surface area contributed by atoms with Crippen molar-refractivity contribution in [2.24, 2.45) is 0 Å². The first-order valence-electron chi connectivity index (χ1n) is 6.15. The van der Waals surface area contributed by atoms with Crippen LogP contribution in [0.4, 0.5) is 11.5 Å². The van der Waals surface area contributed by atoms with Crippen LogP contribution in [0, 0.1) is 0 Å². The standard InChI is InChI=1S/C14H15ClN3O2P/c1-21(2,20)11-5-3-4-10(7-11)18-14(19)9-6-12(15)13(16)17-8-9/h3-8H,1-2H3,(H2,16,17)(H,18,19). The number of anilines is 2. The second kappa shape index (κ2) is 5.88. The van der Waals surface area contributed by atoms with Crippen molar-refractivity contribution in [3.63, 3.8) is 0 Å². The Kier molecular flexibility index (Phi) is 4.35. The lowest BCUT2D eigenvalue weighted by Crippen LogP contribution is -2.14. The summed E-state index contributed by atoms with van der Waals surface area (Å²) < 4.78 is 12.1. The van der Waals surface area contributed by atoms with Gasteiger partial charge in [-0.05, 0) is 31.5 Å². The molecule has 5 nitrogen and oxygen atoms in total. The van der Waals surface area contributed by atoms with Gasteiger partial charge in [0.2, 0.25) is 0 Å². The second-order valence-electron chi connectivity index (χ2n) is 4.95. The van der Waals surface area contributed by atoms with Gasteiger partial charge in [0.05, 0.1) is 10.6 Å². The monoisotopic (exact) mass is 323 g/mol. The van der Waals surface area contributed by atoms with E-state index in [0.29, 0.717) is 16.6 Å². The van der Waals surface area contributed by atoms with Gasteiger partial charge in [-0.3, -0.25) is 4.79 Å². The van der Waals surface area contributed by atoms with Crippen molar-refractivity contribution in [3.05, 3.63) is 47.1 Å². The average molecular weight is 324 g/mol. The molecule has 0 aliphatic rings. The Balaban J connectivity index is 2.23. The topological polar surface area (TPSA) is 85.1 Å². The van der Waals surface area contributed by atoms with Gasteiger partial charge in [0.15, 0.2) is 0 Å². The Bertz CT molecular complexity index is 743. The molecule has 0 aliphatic heterocycles. The fourth-order valence-electron chi connectivity index (χ4n) is 1.69. The van der Waals surface area contributed by atoms with Crippen molar-refractivity contribution in [2.45, 2.75) is 0 Å². The van der Waals surface area contributed by atoms with Crippen molar-refractivity contribution in [2.75, 3.05) is 24.4 Å². The highest BCUT2D eigenvalue weighted by molar-refractivity contribution is 7.70. The summed E-state index contributed by atoms with van der Waals surface area (Å²) in [4.78, 5) is 16.0. The number of carbonyl (C=O) groups excluding carboxylic acids is 1. The molecule has 2 aromatic rings. The lowest BCUT2D eigenvalue weighted by Gasteiger charge is -2.10. The van der Waals surface area contributed by atoms with Crippen molar-refractivity contribution >= 4 is 41.5 Å². The van der Waals surface area contributed by atoms with Crippen LogP contribution >= 0.6 is 18.7 Å². The number of carbonyl (C=O) groups is 1. The Morgan fingerprint density at radius 3 is 2.67 bits per heavy atom. The van der Waals surface area contributed by atoms with Gasteiger partial charge in [-0.1, -0.05) is 23.7 Å². The van der Waals surface area contributed by atoms with Crippen LogP contribution in [0.1, 0.15) is 10.4 Å². The van der Waals surface area contributed by atoms with E-state index in [1.165, 1.54) is 12.3 Å². The van der Waals surface area contributed by atoms with Crippen molar-refractivity contribution in [1.29, 1.82) is 0 Å². The Morgan fingerprint density at radius 2 is 2.05 bits per heavy atom. The number of hydrogen-bond donors (Lipinski definition) is 2. The summed E-state index contributed by atoms with van der Waals surface area (Å²) in [6.07, 6.45) is 1.35. The van der Waals surface area contributed by atoms with Crippen LogP contribution in [0.25, 0.3) is 0 Å². The number of hydrogen-bond acceptors (Lipinski definition) is 4. The van der Waals surface area contributed by atoms with Crippen molar-refractivity contribution < 1.29 is 9.36 Å². The number of nitrogen functional groups attached to an aromatic ring is 1. The number of rotatable bonds is 3. The van der Waals surface area contributed by atoms with Crippen LogP contribution in [0.2, 0.25) is 5.02 Å². The van der Waals surface area contributed by atoms with Gasteiger partial charge in [-0.2, -0.15) is 0 Å².